The second-order valence-electron chi connectivity index (χ2n) is 7.08. The molecule has 2 rings (SSSR count). The van der Waals surface area contributed by atoms with Crippen LogP contribution in [-0.2, 0) is 6.42 Å². The molecule has 0 bridgehead atoms. The number of nitrogens with one attached hydrogen (secondary N) is 1. The molecule has 2 heteroatoms. The molecule has 0 unspecified atom stereocenters. The second kappa shape index (κ2) is 5.62. The molecule has 0 saturated heterocycles. The zero-order valence-corrected chi connectivity index (χ0v) is 12.4. The molecular weight excluding hydrogens is 237 g/mol. The number of hydrogen-bond acceptors (Lipinski definition) is 1. The van der Waals surface area contributed by atoms with Gasteiger partial charge in [0.25, 0.3) is 0 Å². The summed E-state index contributed by atoms with van der Waals surface area (Å²) in [7, 11) is 0. The Morgan fingerprint density at radius 2 is 1.79 bits per heavy atom. The van der Waals surface area contributed by atoms with Gasteiger partial charge in [0.1, 0.15) is 5.82 Å². The smallest absolute Gasteiger partial charge is 0.126 e. The summed E-state index contributed by atoms with van der Waals surface area (Å²) in [6, 6.07) is 7.23. The van der Waals surface area contributed by atoms with Gasteiger partial charge in [0.05, 0.1) is 0 Å². The summed E-state index contributed by atoms with van der Waals surface area (Å²) in [4.78, 5) is 0. The Labute approximate surface area is 116 Å². The lowest BCUT2D eigenvalue weighted by molar-refractivity contribution is 0.242. The van der Waals surface area contributed by atoms with Crippen LogP contribution in [-0.4, -0.2) is 12.1 Å². The SMILES string of the molecule is CC(C)(C)NCC1(Cc2ccccc2F)CCCC1. The van der Waals surface area contributed by atoms with E-state index in [1.807, 2.05) is 12.1 Å². The Morgan fingerprint density at radius 3 is 2.37 bits per heavy atom. The van der Waals surface area contributed by atoms with Crippen LogP contribution in [0.5, 0.6) is 0 Å². The van der Waals surface area contributed by atoms with Crippen LogP contribution in [0.4, 0.5) is 4.39 Å². The quantitative estimate of drug-likeness (QED) is 0.853. The first-order valence-electron chi connectivity index (χ1n) is 7.39. The van der Waals surface area contributed by atoms with E-state index in [4.69, 9.17) is 0 Å². The molecule has 1 aliphatic carbocycles. The average molecular weight is 263 g/mol. The van der Waals surface area contributed by atoms with Crippen LogP contribution in [0.2, 0.25) is 0 Å². The Kier molecular flexibility index (Phi) is 4.29. The number of hydrogen-bond donors (Lipinski definition) is 1. The molecule has 0 radical (unpaired) electrons. The Morgan fingerprint density at radius 1 is 1.16 bits per heavy atom. The zero-order chi connectivity index (χ0) is 13.9. The monoisotopic (exact) mass is 263 g/mol. The van der Waals surface area contributed by atoms with Gasteiger partial charge in [0.15, 0.2) is 0 Å². The molecule has 0 spiro atoms. The minimum absolute atomic E-state index is 0.0514. The fourth-order valence-electron chi connectivity index (χ4n) is 3.04. The van der Waals surface area contributed by atoms with Crippen LogP contribution >= 0.6 is 0 Å². The molecular formula is C17H26FN. The van der Waals surface area contributed by atoms with Crippen molar-refractivity contribution >= 4 is 0 Å². The lowest BCUT2D eigenvalue weighted by atomic mass is 9.79. The molecule has 1 aromatic rings. The first kappa shape index (κ1) is 14.5. The van der Waals surface area contributed by atoms with E-state index in [0.717, 1.165) is 18.5 Å². The van der Waals surface area contributed by atoms with Crippen molar-refractivity contribution in [3.05, 3.63) is 35.6 Å². The molecule has 1 nitrogen and oxygen atoms in total. The number of rotatable bonds is 4. The average Bonchev–Trinajstić information content (AvgIpc) is 2.78. The molecule has 1 aliphatic rings. The summed E-state index contributed by atoms with van der Waals surface area (Å²) in [5.41, 5.74) is 1.25. The summed E-state index contributed by atoms with van der Waals surface area (Å²) in [5, 5.41) is 3.62. The van der Waals surface area contributed by atoms with E-state index in [1.165, 1.54) is 25.7 Å². The van der Waals surface area contributed by atoms with Crippen LogP contribution in [0.25, 0.3) is 0 Å². The first-order valence-corrected chi connectivity index (χ1v) is 7.39. The molecule has 0 aromatic heterocycles. The van der Waals surface area contributed by atoms with Gasteiger partial charge >= 0.3 is 0 Å². The molecule has 1 fully saturated rings. The van der Waals surface area contributed by atoms with E-state index in [0.29, 0.717) is 0 Å². The van der Waals surface area contributed by atoms with Gasteiger partial charge < -0.3 is 5.32 Å². The van der Waals surface area contributed by atoms with Crippen LogP contribution in [0.15, 0.2) is 24.3 Å². The maximum Gasteiger partial charge on any atom is 0.126 e. The minimum atomic E-state index is -0.0514. The third-order valence-corrected chi connectivity index (χ3v) is 4.18. The highest BCUT2D eigenvalue weighted by Crippen LogP contribution is 2.41. The van der Waals surface area contributed by atoms with Crippen LogP contribution in [0.1, 0.15) is 52.0 Å². The van der Waals surface area contributed by atoms with Crippen molar-refractivity contribution < 1.29 is 4.39 Å². The summed E-state index contributed by atoms with van der Waals surface area (Å²) in [6.07, 6.45) is 5.85. The van der Waals surface area contributed by atoms with Gasteiger partial charge in [-0.25, -0.2) is 4.39 Å². The van der Waals surface area contributed by atoms with Crippen molar-refractivity contribution in [1.29, 1.82) is 0 Å². The zero-order valence-electron chi connectivity index (χ0n) is 12.4. The molecule has 19 heavy (non-hydrogen) atoms. The standard InChI is InChI=1S/C17H26FN/c1-16(2,3)19-13-17(10-6-7-11-17)12-14-8-4-5-9-15(14)18/h4-5,8-9,19H,6-7,10-13H2,1-3H3. The van der Waals surface area contributed by atoms with Crippen molar-refractivity contribution in [3.8, 4) is 0 Å². The predicted octanol–water partition coefficient (Wildman–Crippen LogP) is 4.32. The van der Waals surface area contributed by atoms with E-state index in [-0.39, 0.29) is 16.8 Å². The predicted molar refractivity (Wildman–Crippen MR) is 78.8 cm³/mol. The third kappa shape index (κ3) is 4.04. The molecule has 0 aliphatic heterocycles. The van der Waals surface area contributed by atoms with E-state index in [9.17, 15) is 4.39 Å². The minimum Gasteiger partial charge on any atom is -0.312 e. The lowest BCUT2D eigenvalue weighted by Gasteiger charge is -2.33. The summed E-state index contributed by atoms with van der Waals surface area (Å²) in [6.45, 7) is 7.57. The fourth-order valence-corrected chi connectivity index (χ4v) is 3.04. The van der Waals surface area contributed by atoms with Crippen LogP contribution in [0.3, 0.4) is 0 Å². The molecule has 0 heterocycles. The molecule has 0 atom stereocenters. The molecule has 1 aromatic carbocycles. The Hall–Kier alpha value is -0.890. The van der Waals surface area contributed by atoms with Crippen molar-refractivity contribution in [2.75, 3.05) is 6.54 Å². The topological polar surface area (TPSA) is 12.0 Å². The van der Waals surface area contributed by atoms with Crippen molar-refractivity contribution in [2.24, 2.45) is 5.41 Å². The third-order valence-electron chi connectivity index (χ3n) is 4.18. The number of halogens is 1. The summed E-state index contributed by atoms with van der Waals surface area (Å²) in [5.74, 6) is -0.0514. The number of benzene rings is 1. The largest absolute Gasteiger partial charge is 0.312 e. The normalized spacial score (nSPS) is 18.7. The molecule has 1 saturated carbocycles. The van der Waals surface area contributed by atoms with Gasteiger partial charge in [-0.3, -0.25) is 0 Å². The molecule has 106 valence electrons. The second-order valence-corrected chi connectivity index (χ2v) is 7.08. The lowest BCUT2D eigenvalue weighted by Crippen LogP contribution is -2.44. The van der Waals surface area contributed by atoms with Gasteiger partial charge in [0.2, 0.25) is 0 Å². The maximum atomic E-state index is 13.9. The van der Waals surface area contributed by atoms with E-state index >= 15 is 0 Å². The van der Waals surface area contributed by atoms with Crippen molar-refractivity contribution in [3.63, 3.8) is 0 Å². The van der Waals surface area contributed by atoms with Gasteiger partial charge in [-0.05, 0) is 57.1 Å². The maximum absolute atomic E-state index is 13.9. The first-order chi connectivity index (χ1) is 8.90. The fraction of sp³-hybridized carbons (Fsp3) is 0.647. The van der Waals surface area contributed by atoms with Crippen molar-refractivity contribution in [1.82, 2.24) is 5.32 Å². The van der Waals surface area contributed by atoms with Gasteiger partial charge in [0, 0.05) is 12.1 Å². The summed E-state index contributed by atoms with van der Waals surface area (Å²) >= 11 is 0. The summed E-state index contributed by atoms with van der Waals surface area (Å²) < 4.78 is 13.9. The van der Waals surface area contributed by atoms with Crippen LogP contribution in [0, 0.1) is 11.2 Å². The highest BCUT2D eigenvalue weighted by molar-refractivity contribution is 5.19. The Bertz CT molecular complexity index is 414. The van der Waals surface area contributed by atoms with E-state index in [2.05, 4.69) is 26.1 Å². The van der Waals surface area contributed by atoms with Crippen LogP contribution < -0.4 is 5.32 Å². The van der Waals surface area contributed by atoms with Gasteiger partial charge in [-0.1, -0.05) is 31.0 Å². The Balaban J connectivity index is 2.10. The van der Waals surface area contributed by atoms with Gasteiger partial charge in [-0.2, -0.15) is 0 Å². The van der Waals surface area contributed by atoms with Crippen molar-refractivity contribution in [2.45, 2.75) is 58.4 Å². The highest BCUT2D eigenvalue weighted by atomic mass is 19.1. The van der Waals surface area contributed by atoms with Gasteiger partial charge in [-0.15, -0.1) is 0 Å². The molecule has 1 N–H and O–H groups in total. The van der Waals surface area contributed by atoms with E-state index in [1.54, 1.807) is 12.1 Å². The van der Waals surface area contributed by atoms with E-state index < -0.39 is 0 Å². The molecule has 0 amide bonds. The highest BCUT2D eigenvalue weighted by Gasteiger charge is 2.35.